The second kappa shape index (κ2) is 8.67. The zero-order valence-corrected chi connectivity index (χ0v) is 17.3. The van der Waals surface area contributed by atoms with Gasteiger partial charge >= 0.3 is 0 Å². The minimum Gasteiger partial charge on any atom is -0.457 e. The van der Waals surface area contributed by atoms with Crippen molar-refractivity contribution in [3.8, 4) is 23.3 Å². The molecule has 0 fully saturated rings. The lowest BCUT2D eigenvalue weighted by atomic mass is 10.1. The summed E-state index contributed by atoms with van der Waals surface area (Å²) in [5.41, 5.74) is 3.80. The molecule has 0 saturated carbocycles. The lowest BCUT2D eigenvalue weighted by Crippen LogP contribution is -1.97. The Morgan fingerprint density at radius 1 is 0.933 bits per heavy atom. The van der Waals surface area contributed by atoms with E-state index in [1.807, 2.05) is 67.6 Å². The van der Waals surface area contributed by atoms with Gasteiger partial charge in [0.25, 0.3) is 0 Å². The maximum absolute atomic E-state index is 5.98. The molecule has 0 spiro atoms. The van der Waals surface area contributed by atoms with Gasteiger partial charge in [-0.15, -0.1) is 0 Å². The lowest BCUT2D eigenvalue weighted by Gasteiger charge is -2.12. The standard InChI is InChI=1S/C26H23N3O/c1-18(2)9-10-20-11-13-24-23(16-20)26(28-17-27-24)29-21-12-14-25(19(3)15-21)30-22-7-5-4-6-8-22/h4-8,11-18H,1-3H3,(H,27,28,29). The van der Waals surface area contributed by atoms with Crippen LogP contribution in [0.15, 0.2) is 73.1 Å². The molecule has 0 amide bonds. The fourth-order valence-electron chi connectivity index (χ4n) is 3.06. The molecule has 148 valence electrons. The largest absolute Gasteiger partial charge is 0.457 e. The molecule has 4 nitrogen and oxygen atoms in total. The van der Waals surface area contributed by atoms with Crippen LogP contribution in [-0.4, -0.2) is 9.97 Å². The molecule has 30 heavy (non-hydrogen) atoms. The van der Waals surface area contributed by atoms with Gasteiger partial charge in [0.1, 0.15) is 23.6 Å². The molecular formula is C26H23N3O. The molecule has 4 aromatic rings. The lowest BCUT2D eigenvalue weighted by molar-refractivity contribution is 0.479. The molecule has 4 heteroatoms. The number of nitrogens with zero attached hydrogens (tertiary/aromatic N) is 2. The summed E-state index contributed by atoms with van der Waals surface area (Å²) < 4.78 is 5.98. The first-order chi connectivity index (χ1) is 14.6. The molecule has 4 rings (SSSR count). The Bertz CT molecular complexity index is 1240. The van der Waals surface area contributed by atoms with Gasteiger partial charge in [-0.3, -0.25) is 0 Å². The predicted molar refractivity (Wildman–Crippen MR) is 122 cm³/mol. The number of aryl methyl sites for hydroxylation is 1. The van der Waals surface area contributed by atoms with E-state index in [1.54, 1.807) is 6.33 Å². The quantitative estimate of drug-likeness (QED) is 0.403. The first-order valence-electron chi connectivity index (χ1n) is 9.95. The monoisotopic (exact) mass is 393 g/mol. The van der Waals surface area contributed by atoms with E-state index in [4.69, 9.17) is 4.74 Å². The van der Waals surface area contributed by atoms with E-state index in [9.17, 15) is 0 Å². The highest BCUT2D eigenvalue weighted by atomic mass is 16.5. The zero-order chi connectivity index (χ0) is 20.9. The maximum Gasteiger partial charge on any atom is 0.141 e. The minimum atomic E-state index is 0.324. The normalized spacial score (nSPS) is 10.5. The Hall–Kier alpha value is -3.84. The topological polar surface area (TPSA) is 47.0 Å². The number of benzene rings is 3. The summed E-state index contributed by atoms with van der Waals surface area (Å²) in [7, 11) is 0. The molecule has 0 aliphatic rings. The van der Waals surface area contributed by atoms with Crippen molar-refractivity contribution in [2.45, 2.75) is 20.8 Å². The molecule has 0 bridgehead atoms. The van der Waals surface area contributed by atoms with Gasteiger partial charge in [0.05, 0.1) is 5.52 Å². The third-order valence-electron chi connectivity index (χ3n) is 4.55. The molecule has 0 radical (unpaired) electrons. The van der Waals surface area contributed by atoms with Gasteiger partial charge in [-0.1, -0.05) is 43.9 Å². The van der Waals surface area contributed by atoms with Crippen molar-refractivity contribution >= 4 is 22.4 Å². The fraction of sp³-hybridized carbons (Fsp3) is 0.154. The highest BCUT2D eigenvalue weighted by molar-refractivity contribution is 5.91. The molecule has 0 aliphatic carbocycles. The number of fused-ring (bicyclic) bond motifs is 1. The first kappa shape index (κ1) is 19.5. The van der Waals surface area contributed by atoms with Gasteiger partial charge in [0.15, 0.2) is 0 Å². The predicted octanol–water partition coefficient (Wildman–Crippen LogP) is 6.48. The molecule has 0 saturated heterocycles. The maximum atomic E-state index is 5.98. The summed E-state index contributed by atoms with van der Waals surface area (Å²) in [4.78, 5) is 8.84. The smallest absolute Gasteiger partial charge is 0.141 e. The van der Waals surface area contributed by atoms with Crippen molar-refractivity contribution in [2.75, 3.05) is 5.32 Å². The number of aromatic nitrogens is 2. The number of ether oxygens (including phenoxy) is 1. The fourth-order valence-corrected chi connectivity index (χ4v) is 3.06. The van der Waals surface area contributed by atoms with Crippen molar-refractivity contribution in [2.24, 2.45) is 5.92 Å². The molecular weight excluding hydrogens is 370 g/mol. The van der Waals surface area contributed by atoms with Gasteiger partial charge in [-0.05, 0) is 61.0 Å². The van der Waals surface area contributed by atoms with E-state index in [0.717, 1.165) is 45.0 Å². The van der Waals surface area contributed by atoms with Crippen LogP contribution in [-0.2, 0) is 0 Å². The molecule has 1 aromatic heterocycles. The summed E-state index contributed by atoms with van der Waals surface area (Å²) in [6.45, 7) is 6.19. The van der Waals surface area contributed by atoms with Crippen molar-refractivity contribution in [3.05, 3.63) is 84.2 Å². The van der Waals surface area contributed by atoms with Gasteiger partial charge in [0.2, 0.25) is 0 Å². The van der Waals surface area contributed by atoms with Crippen LogP contribution in [0.4, 0.5) is 11.5 Å². The Morgan fingerprint density at radius 2 is 1.77 bits per heavy atom. The summed E-state index contributed by atoms with van der Waals surface area (Å²) in [5.74, 6) is 9.14. The molecule has 1 heterocycles. The van der Waals surface area contributed by atoms with Crippen LogP contribution in [0.1, 0.15) is 25.0 Å². The number of anilines is 2. The Balaban J connectivity index is 1.61. The average Bonchev–Trinajstić information content (AvgIpc) is 2.75. The van der Waals surface area contributed by atoms with E-state index in [2.05, 4.69) is 47.0 Å². The average molecular weight is 393 g/mol. The molecule has 3 aromatic carbocycles. The third-order valence-corrected chi connectivity index (χ3v) is 4.55. The molecule has 1 N–H and O–H groups in total. The second-order valence-corrected chi connectivity index (χ2v) is 7.40. The number of hydrogen-bond donors (Lipinski definition) is 1. The van der Waals surface area contributed by atoms with Crippen LogP contribution >= 0.6 is 0 Å². The summed E-state index contributed by atoms with van der Waals surface area (Å²) >= 11 is 0. The van der Waals surface area contributed by atoms with E-state index >= 15 is 0 Å². The van der Waals surface area contributed by atoms with Crippen LogP contribution in [0.25, 0.3) is 10.9 Å². The number of hydrogen-bond acceptors (Lipinski definition) is 4. The zero-order valence-electron chi connectivity index (χ0n) is 17.3. The summed E-state index contributed by atoms with van der Waals surface area (Å²) in [5, 5.41) is 4.36. The third kappa shape index (κ3) is 4.59. The van der Waals surface area contributed by atoms with Crippen LogP contribution in [0.2, 0.25) is 0 Å². The van der Waals surface area contributed by atoms with Crippen LogP contribution in [0.5, 0.6) is 11.5 Å². The highest BCUT2D eigenvalue weighted by Crippen LogP contribution is 2.29. The van der Waals surface area contributed by atoms with Gasteiger partial charge in [0, 0.05) is 22.6 Å². The van der Waals surface area contributed by atoms with Crippen molar-refractivity contribution in [3.63, 3.8) is 0 Å². The number of para-hydroxylation sites is 1. The molecule has 0 aliphatic heterocycles. The van der Waals surface area contributed by atoms with Crippen LogP contribution < -0.4 is 10.1 Å². The first-order valence-corrected chi connectivity index (χ1v) is 9.95. The van der Waals surface area contributed by atoms with E-state index in [-0.39, 0.29) is 0 Å². The van der Waals surface area contributed by atoms with Crippen LogP contribution in [0.3, 0.4) is 0 Å². The van der Waals surface area contributed by atoms with Crippen molar-refractivity contribution in [1.82, 2.24) is 9.97 Å². The SMILES string of the molecule is Cc1cc(Nc2ncnc3ccc(C#CC(C)C)cc23)ccc1Oc1ccccc1. The number of rotatable bonds is 4. The molecule has 0 atom stereocenters. The van der Waals surface area contributed by atoms with Gasteiger partial charge < -0.3 is 10.1 Å². The van der Waals surface area contributed by atoms with E-state index in [0.29, 0.717) is 5.92 Å². The van der Waals surface area contributed by atoms with Crippen molar-refractivity contribution in [1.29, 1.82) is 0 Å². The second-order valence-electron chi connectivity index (χ2n) is 7.40. The Kier molecular flexibility index (Phi) is 5.63. The minimum absolute atomic E-state index is 0.324. The van der Waals surface area contributed by atoms with Crippen LogP contribution in [0, 0.1) is 24.7 Å². The van der Waals surface area contributed by atoms with Crippen molar-refractivity contribution < 1.29 is 4.74 Å². The summed E-state index contributed by atoms with van der Waals surface area (Å²) in [6.07, 6.45) is 1.57. The van der Waals surface area contributed by atoms with E-state index in [1.165, 1.54) is 0 Å². The Morgan fingerprint density at radius 3 is 2.53 bits per heavy atom. The van der Waals surface area contributed by atoms with Gasteiger partial charge in [-0.25, -0.2) is 9.97 Å². The summed E-state index contributed by atoms with van der Waals surface area (Å²) in [6, 6.07) is 21.8. The highest BCUT2D eigenvalue weighted by Gasteiger charge is 2.07. The molecule has 0 unspecified atom stereocenters. The van der Waals surface area contributed by atoms with Gasteiger partial charge in [-0.2, -0.15) is 0 Å². The van der Waals surface area contributed by atoms with E-state index < -0.39 is 0 Å². The Labute approximate surface area is 177 Å². The number of nitrogens with one attached hydrogen (secondary N) is 1.